The summed E-state index contributed by atoms with van der Waals surface area (Å²) in [6.07, 6.45) is 6.13. The molecule has 0 bridgehead atoms. The molecule has 1 aliphatic carbocycles. The monoisotopic (exact) mass is 599 g/mol. The van der Waals surface area contributed by atoms with Crippen molar-refractivity contribution in [3.05, 3.63) is 54.1 Å². The van der Waals surface area contributed by atoms with Crippen molar-refractivity contribution in [3.63, 3.8) is 0 Å². The van der Waals surface area contributed by atoms with Gasteiger partial charge in [0.25, 0.3) is 0 Å². The lowest BCUT2D eigenvalue weighted by Crippen LogP contribution is -2.57. The van der Waals surface area contributed by atoms with E-state index in [4.69, 9.17) is 4.74 Å². The smallest absolute Gasteiger partial charge is 0.408 e. The van der Waals surface area contributed by atoms with E-state index in [9.17, 15) is 29.4 Å². The quantitative estimate of drug-likeness (QED) is 0.192. The maximum Gasteiger partial charge on any atom is 0.408 e. The first-order chi connectivity index (χ1) is 20.4. The zero-order valence-electron chi connectivity index (χ0n) is 25.2. The SMILES string of the molecule is CC(C)(C)OC(=O)N[C@@H](Cc1ccccc1)C(=O)N[C@@H](Cc1cnc[nH]1)C(=O)NC(CC1CCCCC1)C(O)CC(=O)O. The molecule has 0 radical (unpaired) electrons. The first-order valence-electron chi connectivity index (χ1n) is 14.9. The number of rotatable bonds is 14. The molecule has 6 N–H and O–H groups in total. The van der Waals surface area contributed by atoms with Gasteiger partial charge in [0.05, 0.1) is 24.9 Å². The van der Waals surface area contributed by atoms with Gasteiger partial charge in [-0.2, -0.15) is 0 Å². The summed E-state index contributed by atoms with van der Waals surface area (Å²) in [5.41, 5.74) is 0.582. The Morgan fingerprint density at radius 3 is 2.23 bits per heavy atom. The van der Waals surface area contributed by atoms with Gasteiger partial charge in [0.1, 0.15) is 17.7 Å². The number of aromatic amines is 1. The number of hydrogen-bond acceptors (Lipinski definition) is 7. The standard InChI is InChI=1S/C31H45N5O7/c1-31(2,3)43-30(42)36-24(15-21-12-8-5-9-13-21)28(40)35-25(16-22-18-32-19-33-22)29(41)34-23(26(37)17-27(38)39)14-20-10-6-4-7-11-20/h5,8-9,12-13,18-20,23-26,37H,4,6-7,10-11,14-17H2,1-3H3,(H,32,33)(H,34,41)(H,35,40)(H,36,42)(H,38,39)/t23?,24-,25-,26?/m0/s1. The van der Waals surface area contributed by atoms with Crippen molar-refractivity contribution in [2.75, 3.05) is 0 Å². The van der Waals surface area contributed by atoms with E-state index >= 15 is 0 Å². The molecule has 2 unspecified atom stereocenters. The highest BCUT2D eigenvalue weighted by atomic mass is 16.6. The summed E-state index contributed by atoms with van der Waals surface area (Å²) in [7, 11) is 0. The van der Waals surface area contributed by atoms with Crippen molar-refractivity contribution in [2.45, 2.75) is 108 Å². The molecule has 1 fully saturated rings. The highest BCUT2D eigenvalue weighted by molar-refractivity contribution is 5.91. The first kappa shape index (κ1) is 33.6. The van der Waals surface area contributed by atoms with Crippen molar-refractivity contribution in [1.29, 1.82) is 0 Å². The normalized spacial score (nSPS) is 16.7. The number of nitrogens with zero attached hydrogens (tertiary/aromatic N) is 1. The summed E-state index contributed by atoms with van der Waals surface area (Å²) in [6.45, 7) is 5.14. The van der Waals surface area contributed by atoms with E-state index in [2.05, 4.69) is 25.9 Å². The number of benzene rings is 1. The topological polar surface area (TPSA) is 183 Å². The second-order valence-electron chi connectivity index (χ2n) is 12.3. The van der Waals surface area contributed by atoms with E-state index in [1.165, 1.54) is 12.5 Å². The van der Waals surface area contributed by atoms with Gasteiger partial charge in [-0.05, 0) is 38.7 Å². The fourth-order valence-electron chi connectivity index (χ4n) is 5.31. The average molecular weight is 600 g/mol. The molecule has 1 aliphatic rings. The number of hydrogen-bond donors (Lipinski definition) is 6. The number of carboxylic acid groups (broad SMARTS) is 1. The number of H-pyrrole nitrogens is 1. The molecule has 1 saturated carbocycles. The minimum atomic E-state index is -1.30. The summed E-state index contributed by atoms with van der Waals surface area (Å²) < 4.78 is 5.38. The minimum Gasteiger partial charge on any atom is -0.481 e. The maximum atomic E-state index is 13.7. The predicted molar refractivity (Wildman–Crippen MR) is 159 cm³/mol. The van der Waals surface area contributed by atoms with E-state index in [0.29, 0.717) is 12.1 Å². The third-order valence-electron chi connectivity index (χ3n) is 7.39. The highest BCUT2D eigenvalue weighted by Gasteiger charge is 2.33. The fourth-order valence-corrected chi connectivity index (χ4v) is 5.31. The number of aliphatic carboxylic acids is 1. The summed E-state index contributed by atoms with van der Waals surface area (Å²) >= 11 is 0. The summed E-state index contributed by atoms with van der Waals surface area (Å²) in [5, 5.41) is 28.3. The van der Waals surface area contributed by atoms with Crippen molar-refractivity contribution >= 4 is 23.9 Å². The van der Waals surface area contributed by atoms with Crippen molar-refractivity contribution in [1.82, 2.24) is 25.9 Å². The lowest BCUT2D eigenvalue weighted by molar-refractivity contribution is -0.140. The number of aromatic nitrogens is 2. The van der Waals surface area contributed by atoms with Crippen LogP contribution >= 0.6 is 0 Å². The molecule has 1 heterocycles. The molecule has 43 heavy (non-hydrogen) atoms. The Bertz CT molecular complexity index is 1180. The molecule has 0 spiro atoms. The Morgan fingerprint density at radius 1 is 0.977 bits per heavy atom. The molecule has 4 atom stereocenters. The van der Waals surface area contributed by atoms with Gasteiger partial charge in [-0.1, -0.05) is 62.4 Å². The fraction of sp³-hybridized carbons (Fsp3) is 0.581. The number of alkyl carbamates (subject to hydrolysis) is 1. The number of carboxylic acids is 1. The Kier molecular flexibility index (Phi) is 12.5. The number of imidazole rings is 1. The predicted octanol–water partition coefficient (Wildman–Crippen LogP) is 2.86. The van der Waals surface area contributed by atoms with Gasteiger partial charge in [-0.25, -0.2) is 9.78 Å². The molecule has 0 aliphatic heterocycles. The van der Waals surface area contributed by atoms with Gasteiger partial charge in [0, 0.05) is 24.7 Å². The van der Waals surface area contributed by atoms with Crippen LogP contribution in [0.25, 0.3) is 0 Å². The molecule has 0 saturated heterocycles. The van der Waals surface area contributed by atoms with Crippen LogP contribution in [0.3, 0.4) is 0 Å². The van der Waals surface area contributed by atoms with Gasteiger partial charge < -0.3 is 35.9 Å². The van der Waals surface area contributed by atoms with Crippen LogP contribution in [-0.4, -0.2) is 73.9 Å². The van der Waals surface area contributed by atoms with E-state index in [1.54, 1.807) is 20.8 Å². The maximum absolute atomic E-state index is 13.7. The van der Waals surface area contributed by atoms with Crippen molar-refractivity contribution in [3.8, 4) is 0 Å². The van der Waals surface area contributed by atoms with E-state index in [-0.39, 0.29) is 18.8 Å². The number of nitrogens with one attached hydrogen (secondary N) is 4. The Hall–Kier alpha value is -3.93. The third kappa shape index (κ3) is 12.1. The lowest BCUT2D eigenvalue weighted by atomic mass is 9.83. The van der Waals surface area contributed by atoms with E-state index in [0.717, 1.165) is 37.7 Å². The Morgan fingerprint density at radius 2 is 1.63 bits per heavy atom. The Labute approximate surface area is 252 Å². The van der Waals surface area contributed by atoms with Crippen molar-refractivity contribution in [2.24, 2.45) is 5.92 Å². The van der Waals surface area contributed by atoms with E-state index < -0.39 is 60.1 Å². The number of carbonyl (C=O) groups excluding carboxylic acids is 3. The molecule has 1 aromatic heterocycles. The summed E-state index contributed by atoms with van der Waals surface area (Å²) in [6, 6.07) is 6.14. The number of ether oxygens (including phenoxy) is 1. The largest absolute Gasteiger partial charge is 0.481 e. The second-order valence-corrected chi connectivity index (χ2v) is 12.3. The van der Waals surface area contributed by atoms with Crippen LogP contribution in [0.2, 0.25) is 0 Å². The van der Waals surface area contributed by atoms with E-state index in [1.807, 2.05) is 30.3 Å². The molecule has 1 aromatic carbocycles. The van der Waals surface area contributed by atoms with Gasteiger partial charge >= 0.3 is 12.1 Å². The molecular weight excluding hydrogens is 554 g/mol. The molecular formula is C31H45N5O7. The molecule has 12 nitrogen and oxygen atoms in total. The Balaban J connectivity index is 1.81. The number of carbonyl (C=O) groups is 4. The van der Waals surface area contributed by atoms with Crippen LogP contribution in [0.1, 0.15) is 77.0 Å². The van der Waals surface area contributed by atoms with Crippen LogP contribution in [0, 0.1) is 5.92 Å². The van der Waals surface area contributed by atoms with Gasteiger partial charge in [0.2, 0.25) is 11.8 Å². The minimum absolute atomic E-state index is 0.0489. The zero-order chi connectivity index (χ0) is 31.4. The second kappa shape index (κ2) is 16.1. The van der Waals surface area contributed by atoms with Gasteiger partial charge in [-0.15, -0.1) is 0 Å². The van der Waals surface area contributed by atoms with Crippen molar-refractivity contribution < 1.29 is 34.1 Å². The number of aliphatic hydroxyl groups excluding tert-OH is 1. The van der Waals surface area contributed by atoms with Crippen LogP contribution in [0.4, 0.5) is 4.79 Å². The molecule has 236 valence electrons. The molecule has 3 amide bonds. The lowest BCUT2D eigenvalue weighted by Gasteiger charge is -2.31. The zero-order valence-corrected chi connectivity index (χ0v) is 25.2. The van der Waals surface area contributed by atoms with Gasteiger partial charge in [-0.3, -0.25) is 14.4 Å². The first-order valence-corrected chi connectivity index (χ1v) is 14.9. The third-order valence-corrected chi connectivity index (χ3v) is 7.39. The number of amides is 3. The highest BCUT2D eigenvalue weighted by Crippen LogP contribution is 2.28. The number of aliphatic hydroxyl groups is 1. The summed E-state index contributed by atoms with van der Waals surface area (Å²) in [4.78, 5) is 58.4. The molecule has 3 rings (SSSR count). The van der Waals surface area contributed by atoms with Crippen LogP contribution in [0.15, 0.2) is 42.9 Å². The van der Waals surface area contributed by atoms with Crippen LogP contribution < -0.4 is 16.0 Å². The van der Waals surface area contributed by atoms with Crippen LogP contribution in [-0.2, 0) is 32.0 Å². The van der Waals surface area contributed by atoms with Crippen LogP contribution in [0.5, 0.6) is 0 Å². The molecule has 12 heteroatoms. The molecule has 2 aromatic rings. The summed E-state index contributed by atoms with van der Waals surface area (Å²) in [5.74, 6) is -2.11. The average Bonchev–Trinajstić information content (AvgIpc) is 3.45. The van der Waals surface area contributed by atoms with Gasteiger partial charge in [0.15, 0.2) is 0 Å².